The molecule has 72 valence electrons. The number of fused-ring (bicyclic) bond motifs is 1. The van der Waals surface area contributed by atoms with Gasteiger partial charge in [-0.1, -0.05) is 0 Å². The Morgan fingerprint density at radius 1 is 1.38 bits per heavy atom. The molecule has 0 bridgehead atoms. The van der Waals surface area contributed by atoms with Gasteiger partial charge in [0.25, 0.3) is 0 Å². The van der Waals surface area contributed by atoms with Gasteiger partial charge in [0.2, 0.25) is 0 Å². The molecule has 13 heavy (non-hydrogen) atoms. The molecule has 1 unspecified atom stereocenters. The number of aliphatic hydroxyl groups is 2. The van der Waals surface area contributed by atoms with Gasteiger partial charge in [0.1, 0.15) is 12.2 Å². The molecular weight excluding hydrogens is 176 g/mol. The van der Waals surface area contributed by atoms with Crippen molar-refractivity contribution in [2.24, 2.45) is 0 Å². The Kier molecular flexibility index (Phi) is 1.78. The predicted molar refractivity (Wildman–Crippen MR) is 40.9 cm³/mol. The van der Waals surface area contributed by atoms with Crippen molar-refractivity contribution in [2.45, 2.75) is 31.3 Å². The van der Waals surface area contributed by atoms with Gasteiger partial charge in [-0.15, -0.1) is 0 Å². The van der Waals surface area contributed by atoms with Crippen LogP contribution in [0, 0.1) is 0 Å². The SMILES string of the molecule is CC1=C[C@@H]2OC(=O)OC2[C@@H](O)[C@@H]1O. The van der Waals surface area contributed by atoms with Gasteiger partial charge in [-0.05, 0) is 18.6 Å². The van der Waals surface area contributed by atoms with E-state index in [0.29, 0.717) is 5.57 Å². The molecule has 1 aliphatic carbocycles. The van der Waals surface area contributed by atoms with Gasteiger partial charge in [0.15, 0.2) is 12.2 Å². The molecule has 0 saturated carbocycles. The third-order valence-electron chi connectivity index (χ3n) is 2.34. The standard InChI is InChI=1S/C8H10O5/c1-3-2-4-7(6(10)5(3)9)13-8(11)12-4/h2,4-7,9-10H,1H3/t4-,5+,6-,7?/m0/s1. The first kappa shape index (κ1) is 8.52. The van der Waals surface area contributed by atoms with Crippen LogP contribution in [0.5, 0.6) is 0 Å². The molecule has 0 spiro atoms. The third kappa shape index (κ3) is 1.20. The topological polar surface area (TPSA) is 76.0 Å². The van der Waals surface area contributed by atoms with Crippen LogP contribution in [0.1, 0.15) is 6.92 Å². The molecule has 2 aliphatic rings. The highest BCUT2D eigenvalue weighted by molar-refractivity contribution is 5.63. The molecule has 0 aromatic carbocycles. The maximum atomic E-state index is 10.7. The van der Waals surface area contributed by atoms with Crippen molar-refractivity contribution < 1.29 is 24.5 Å². The van der Waals surface area contributed by atoms with E-state index >= 15 is 0 Å². The van der Waals surface area contributed by atoms with Gasteiger partial charge in [-0.25, -0.2) is 4.79 Å². The largest absolute Gasteiger partial charge is 0.509 e. The maximum Gasteiger partial charge on any atom is 0.509 e. The molecule has 4 atom stereocenters. The average molecular weight is 186 g/mol. The van der Waals surface area contributed by atoms with Crippen LogP contribution in [0.3, 0.4) is 0 Å². The zero-order valence-electron chi connectivity index (χ0n) is 7.01. The van der Waals surface area contributed by atoms with Crippen LogP contribution in [0.2, 0.25) is 0 Å². The van der Waals surface area contributed by atoms with E-state index < -0.39 is 30.6 Å². The minimum absolute atomic E-state index is 0.564. The second kappa shape index (κ2) is 2.71. The van der Waals surface area contributed by atoms with E-state index in [9.17, 15) is 15.0 Å². The van der Waals surface area contributed by atoms with E-state index in [1.54, 1.807) is 13.0 Å². The minimum atomic E-state index is -1.10. The quantitative estimate of drug-likeness (QED) is 0.396. The summed E-state index contributed by atoms with van der Waals surface area (Å²) in [6.45, 7) is 1.66. The van der Waals surface area contributed by atoms with Crippen molar-refractivity contribution in [3.63, 3.8) is 0 Å². The number of aliphatic hydroxyl groups excluding tert-OH is 2. The summed E-state index contributed by atoms with van der Waals surface area (Å²) in [7, 11) is 0. The highest BCUT2D eigenvalue weighted by Gasteiger charge is 2.46. The fourth-order valence-electron chi connectivity index (χ4n) is 1.58. The van der Waals surface area contributed by atoms with Gasteiger partial charge < -0.3 is 19.7 Å². The summed E-state index contributed by atoms with van der Waals surface area (Å²) >= 11 is 0. The summed E-state index contributed by atoms with van der Waals surface area (Å²) in [6, 6.07) is 0. The van der Waals surface area contributed by atoms with Crippen molar-refractivity contribution in [1.29, 1.82) is 0 Å². The average Bonchev–Trinajstić information content (AvgIpc) is 2.42. The Bertz CT molecular complexity index is 272. The third-order valence-corrected chi connectivity index (χ3v) is 2.34. The van der Waals surface area contributed by atoms with E-state index in [-0.39, 0.29) is 0 Å². The molecule has 1 heterocycles. The molecule has 0 amide bonds. The molecule has 1 aliphatic heterocycles. The molecule has 2 rings (SSSR count). The van der Waals surface area contributed by atoms with Crippen molar-refractivity contribution in [3.8, 4) is 0 Å². The zero-order chi connectivity index (χ0) is 9.59. The smallest absolute Gasteiger partial charge is 0.424 e. The molecule has 5 heteroatoms. The van der Waals surface area contributed by atoms with Crippen LogP contribution < -0.4 is 0 Å². The van der Waals surface area contributed by atoms with Gasteiger partial charge in [-0.2, -0.15) is 0 Å². The molecule has 0 radical (unpaired) electrons. The lowest BCUT2D eigenvalue weighted by Gasteiger charge is -2.28. The first-order chi connectivity index (χ1) is 6.09. The minimum Gasteiger partial charge on any atom is -0.424 e. The Morgan fingerprint density at radius 3 is 2.77 bits per heavy atom. The lowest BCUT2D eigenvalue weighted by atomic mass is 9.91. The van der Waals surface area contributed by atoms with Crippen LogP contribution >= 0.6 is 0 Å². The highest BCUT2D eigenvalue weighted by atomic mass is 16.8. The maximum absolute atomic E-state index is 10.7. The molecule has 1 fully saturated rings. The molecule has 2 N–H and O–H groups in total. The van der Waals surface area contributed by atoms with Crippen LogP contribution in [-0.2, 0) is 9.47 Å². The Labute approximate surface area is 74.6 Å². The Morgan fingerprint density at radius 2 is 2.08 bits per heavy atom. The molecule has 0 aromatic heterocycles. The lowest BCUT2D eigenvalue weighted by Crippen LogP contribution is -2.46. The molecule has 1 saturated heterocycles. The van der Waals surface area contributed by atoms with Crippen LogP contribution in [-0.4, -0.2) is 40.8 Å². The van der Waals surface area contributed by atoms with E-state index in [4.69, 9.17) is 4.74 Å². The Hall–Kier alpha value is -1.07. The number of carbonyl (C=O) groups is 1. The monoisotopic (exact) mass is 186 g/mol. The first-order valence-corrected chi connectivity index (χ1v) is 4.01. The molecule has 0 aromatic rings. The van der Waals surface area contributed by atoms with Gasteiger partial charge >= 0.3 is 6.16 Å². The van der Waals surface area contributed by atoms with Crippen molar-refractivity contribution >= 4 is 6.16 Å². The van der Waals surface area contributed by atoms with Gasteiger partial charge in [0, 0.05) is 0 Å². The van der Waals surface area contributed by atoms with E-state index in [1.807, 2.05) is 0 Å². The zero-order valence-corrected chi connectivity index (χ0v) is 7.01. The number of rotatable bonds is 0. The van der Waals surface area contributed by atoms with Crippen molar-refractivity contribution in [2.75, 3.05) is 0 Å². The fourth-order valence-corrected chi connectivity index (χ4v) is 1.58. The Balaban J connectivity index is 2.28. The van der Waals surface area contributed by atoms with Crippen LogP contribution in [0.4, 0.5) is 4.79 Å². The van der Waals surface area contributed by atoms with Crippen molar-refractivity contribution in [3.05, 3.63) is 11.6 Å². The summed E-state index contributed by atoms with van der Waals surface area (Å²) in [4.78, 5) is 10.7. The van der Waals surface area contributed by atoms with E-state index in [0.717, 1.165) is 0 Å². The summed E-state index contributed by atoms with van der Waals surface area (Å²) < 4.78 is 9.43. The number of hydrogen-bond acceptors (Lipinski definition) is 5. The number of carbonyl (C=O) groups excluding carboxylic acids is 1. The summed E-state index contributed by atoms with van der Waals surface area (Å²) in [5.74, 6) is 0. The summed E-state index contributed by atoms with van der Waals surface area (Å²) in [6.07, 6.45) is -2.62. The van der Waals surface area contributed by atoms with Crippen LogP contribution in [0.15, 0.2) is 11.6 Å². The lowest BCUT2D eigenvalue weighted by molar-refractivity contribution is -0.0492. The van der Waals surface area contributed by atoms with Crippen molar-refractivity contribution in [1.82, 2.24) is 0 Å². The molecular formula is C8H10O5. The normalized spacial score (nSPS) is 43.3. The molecule has 5 nitrogen and oxygen atoms in total. The summed E-state index contributed by atoms with van der Waals surface area (Å²) in [5, 5.41) is 18.9. The number of hydrogen-bond donors (Lipinski definition) is 2. The van der Waals surface area contributed by atoms with Gasteiger partial charge in [-0.3, -0.25) is 0 Å². The number of ether oxygens (including phenoxy) is 2. The second-order valence-corrected chi connectivity index (χ2v) is 3.26. The fraction of sp³-hybridized carbons (Fsp3) is 0.625. The second-order valence-electron chi connectivity index (χ2n) is 3.26. The predicted octanol–water partition coefficient (Wildman–Crippen LogP) is -0.428. The van der Waals surface area contributed by atoms with Crippen LogP contribution in [0.25, 0.3) is 0 Å². The van der Waals surface area contributed by atoms with E-state index in [2.05, 4.69) is 4.74 Å². The van der Waals surface area contributed by atoms with Gasteiger partial charge in [0.05, 0.1) is 0 Å². The summed E-state index contributed by atoms with van der Waals surface area (Å²) in [5.41, 5.74) is 0.590. The first-order valence-electron chi connectivity index (χ1n) is 4.01. The highest BCUT2D eigenvalue weighted by Crippen LogP contribution is 2.28. The van der Waals surface area contributed by atoms with E-state index in [1.165, 1.54) is 0 Å².